The van der Waals surface area contributed by atoms with Gasteiger partial charge in [-0.1, -0.05) is 24.3 Å². The third kappa shape index (κ3) is 5.62. The molecule has 0 unspecified atom stereocenters. The first kappa shape index (κ1) is 22.3. The summed E-state index contributed by atoms with van der Waals surface area (Å²) in [4.78, 5) is 30.5. The zero-order valence-electron chi connectivity index (χ0n) is 17.8. The number of rotatable bonds is 8. The summed E-state index contributed by atoms with van der Waals surface area (Å²) in [7, 11) is 1.62. The van der Waals surface area contributed by atoms with Gasteiger partial charge in [-0.15, -0.1) is 11.8 Å². The van der Waals surface area contributed by atoms with Gasteiger partial charge >= 0.3 is 0 Å². The summed E-state index contributed by atoms with van der Waals surface area (Å²) in [6.45, 7) is 5.94. The zero-order chi connectivity index (χ0) is 21.5. The summed E-state index contributed by atoms with van der Waals surface area (Å²) < 4.78 is 5.19. The Labute approximate surface area is 182 Å². The number of ether oxygens (including phenoxy) is 1. The molecule has 0 atom stereocenters. The second-order valence-corrected chi connectivity index (χ2v) is 8.50. The van der Waals surface area contributed by atoms with E-state index >= 15 is 0 Å². The van der Waals surface area contributed by atoms with Crippen molar-refractivity contribution in [3.8, 4) is 0 Å². The van der Waals surface area contributed by atoms with E-state index in [-0.39, 0.29) is 24.9 Å². The summed E-state index contributed by atoms with van der Waals surface area (Å²) in [6, 6.07) is 13.8. The van der Waals surface area contributed by atoms with Crippen LogP contribution in [0.15, 0.2) is 47.4 Å². The van der Waals surface area contributed by atoms with Crippen LogP contribution in [0.1, 0.15) is 11.1 Å². The maximum atomic E-state index is 13.1. The Morgan fingerprint density at radius 2 is 1.93 bits per heavy atom. The van der Waals surface area contributed by atoms with Crippen LogP contribution in [0, 0.1) is 13.8 Å². The van der Waals surface area contributed by atoms with Crippen LogP contribution in [0.25, 0.3) is 0 Å². The van der Waals surface area contributed by atoms with E-state index in [1.807, 2.05) is 66.1 Å². The quantitative estimate of drug-likeness (QED) is 0.700. The highest BCUT2D eigenvalue weighted by molar-refractivity contribution is 7.99. The highest BCUT2D eigenvalue weighted by Crippen LogP contribution is 2.34. The maximum absolute atomic E-state index is 13.1. The number of nitrogens with one attached hydrogen (secondary N) is 1. The number of benzene rings is 2. The Kier molecular flexibility index (Phi) is 7.90. The van der Waals surface area contributed by atoms with Crippen LogP contribution in [0.2, 0.25) is 0 Å². The van der Waals surface area contributed by atoms with E-state index in [2.05, 4.69) is 5.32 Å². The highest BCUT2D eigenvalue weighted by Gasteiger charge is 2.25. The smallest absolute Gasteiger partial charge is 0.241 e. The van der Waals surface area contributed by atoms with Crippen LogP contribution in [-0.2, 0) is 14.3 Å². The molecule has 1 heterocycles. The minimum Gasteiger partial charge on any atom is -0.383 e. The average molecular weight is 428 g/mol. The lowest BCUT2D eigenvalue weighted by molar-refractivity contribution is -0.121. The number of thioether (sulfide) groups is 1. The predicted octanol–water partition coefficient (Wildman–Crippen LogP) is 3.33. The van der Waals surface area contributed by atoms with E-state index < -0.39 is 0 Å². The first-order valence-electron chi connectivity index (χ1n) is 10.1. The number of amides is 2. The van der Waals surface area contributed by atoms with Crippen molar-refractivity contribution >= 4 is 35.0 Å². The molecule has 6 nitrogen and oxygen atoms in total. The number of anilines is 2. The molecular weight excluding hydrogens is 398 g/mol. The van der Waals surface area contributed by atoms with Gasteiger partial charge in [0.05, 0.1) is 25.4 Å². The topological polar surface area (TPSA) is 61.9 Å². The SMILES string of the molecule is COCCN(CC(=O)Nc1cccc(C)c1C)CC(=O)N1CCSc2ccccc21. The van der Waals surface area contributed by atoms with Crippen LogP contribution in [0.3, 0.4) is 0 Å². The molecule has 1 aliphatic rings. The van der Waals surface area contributed by atoms with Gasteiger partial charge in [-0.05, 0) is 43.2 Å². The molecule has 0 spiro atoms. The largest absolute Gasteiger partial charge is 0.383 e. The fourth-order valence-electron chi connectivity index (χ4n) is 3.42. The maximum Gasteiger partial charge on any atom is 0.241 e. The van der Waals surface area contributed by atoms with Gasteiger partial charge in [0.2, 0.25) is 11.8 Å². The minimum atomic E-state index is -0.137. The number of hydrogen-bond donors (Lipinski definition) is 1. The molecule has 2 aromatic rings. The fraction of sp³-hybridized carbons (Fsp3) is 0.391. The Hall–Kier alpha value is -2.35. The number of fused-ring (bicyclic) bond motifs is 1. The van der Waals surface area contributed by atoms with Crippen LogP contribution in [0.4, 0.5) is 11.4 Å². The molecule has 30 heavy (non-hydrogen) atoms. The molecule has 160 valence electrons. The lowest BCUT2D eigenvalue weighted by Crippen LogP contribution is -2.45. The van der Waals surface area contributed by atoms with Gasteiger partial charge in [0.25, 0.3) is 0 Å². The van der Waals surface area contributed by atoms with Crippen molar-refractivity contribution in [1.82, 2.24) is 4.90 Å². The molecule has 0 aromatic heterocycles. The van der Waals surface area contributed by atoms with Crippen molar-refractivity contribution in [2.75, 3.05) is 55.9 Å². The van der Waals surface area contributed by atoms with Crippen LogP contribution >= 0.6 is 11.8 Å². The zero-order valence-corrected chi connectivity index (χ0v) is 18.6. The molecule has 7 heteroatoms. The summed E-state index contributed by atoms with van der Waals surface area (Å²) in [5, 5.41) is 2.98. The molecule has 2 aromatic carbocycles. The van der Waals surface area contributed by atoms with Crippen LogP contribution in [0.5, 0.6) is 0 Å². The van der Waals surface area contributed by atoms with Crippen molar-refractivity contribution in [3.05, 3.63) is 53.6 Å². The Balaban J connectivity index is 1.66. The fourth-order valence-corrected chi connectivity index (χ4v) is 4.41. The molecular formula is C23H29N3O3S. The second-order valence-electron chi connectivity index (χ2n) is 7.36. The number of hydrogen-bond acceptors (Lipinski definition) is 5. The van der Waals surface area contributed by atoms with E-state index in [0.29, 0.717) is 19.7 Å². The average Bonchev–Trinajstić information content (AvgIpc) is 2.74. The Morgan fingerprint density at radius 1 is 1.13 bits per heavy atom. The third-order valence-corrected chi connectivity index (χ3v) is 6.29. The van der Waals surface area contributed by atoms with E-state index in [1.54, 1.807) is 18.9 Å². The van der Waals surface area contributed by atoms with Gasteiger partial charge < -0.3 is 15.0 Å². The number of carbonyl (C=O) groups excluding carboxylic acids is 2. The molecule has 0 saturated carbocycles. The lowest BCUT2D eigenvalue weighted by Gasteiger charge is -2.31. The molecule has 0 radical (unpaired) electrons. The monoisotopic (exact) mass is 427 g/mol. The van der Waals surface area contributed by atoms with Gasteiger partial charge in [-0.3, -0.25) is 14.5 Å². The number of methoxy groups -OCH3 is 1. The number of carbonyl (C=O) groups is 2. The van der Waals surface area contributed by atoms with Gasteiger partial charge in [0.1, 0.15) is 0 Å². The van der Waals surface area contributed by atoms with Crippen molar-refractivity contribution in [3.63, 3.8) is 0 Å². The molecule has 0 fully saturated rings. The van der Waals surface area contributed by atoms with Crippen molar-refractivity contribution in [1.29, 1.82) is 0 Å². The number of aryl methyl sites for hydroxylation is 1. The summed E-state index contributed by atoms with van der Waals surface area (Å²) >= 11 is 1.77. The van der Waals surface area contributed by atoms with Crippen molar-refractivity contribution < 1.29 is 14.3 Å². The van der Waals surface area contributed by atoms with Crippen LogP contribution < -0.4 is 10.2 Å². The standard InChI is InChI=1S/C23H29N3O3S/c1-17-7-6-8-19(18(17)2)24-22(27)15-25(11-13-29-3)16-23(28)26-12-14-30-21-10-5-4-9-20(21)26/h4-10H,11-16H2,1-3H3,(H,24,27). The molecule has 1 N–H and O–H groups in total. The van der Waals surface area contributed by atoms with Crippen molar-refractivity contribution in [2.24, 2.45) is 0 Å². The van der Waals surface area contributed by atoms with E-state index in [1.165, 1.54) is 0 Å². The molecule has 1 aliphatic heterocycles. The van der Waals surface area contributed by atoms with E-state index in [0.717, 1.165) is 33.2 Å². The van der Waals surface area contributed by atoms with Gasteiger partial charge in [-0.25, -0.2) is 0 Å². The predicted molar refractivity (Wildman–Crippen MR) is 122 cm³/mol. The second kappa shape index (κ2) is 10.6. The van der Waals surface area contributed by atoms with Crippen LogP contribution in [-0.4, -0.2) is 62.4 Å². The molecule has 0 saturated heterocycles. The molecule has 2 amide bonds. The van der Waals surface area contributed by atoms with E-state index in [4.69, 9.17) is 4.74 Å². The van der Waals surface area contributed by atoms with Gasteiger partial charge in [-0.2, -0.15) is 0 Å². The molecule has 3 rings (SSSR count). The van der Waals surface area contributed by atoms with E-state index in [9.17, 15) is 9.59 Å². The summed E-state index contributed by atoms with van der Waals surface area (Å²) in [6.07, 6.45) is 0. The number of para-hydroxylation sites is 1. The third-order valence-electron chi connectivity index (χ3n) is 5.25. The lowest BCUT2D eigenvalue weighted by atomic mass is 10.1. The number of nitrogens with zero attached hydrogens (tertiary/aromatic N) is 2. The summed E-state index contributed by atoms with van der Waals surface area (Å²) in [5.74, 6) is 0.731. The minimum absolute atomic E-state index is 0.00149. The molecule has 0 bridgehead atoms. The summed E-state index contributed by atoms with van der Waals surface area (Å²) in [5.41, 5.74) is 3.93. The Bertz CT molecular complexity index is 903. The van der Waals surface area contributed by atoms with Crippen molar-refractivity contribution in [2.45, 2.75) is 18.7 Å². The Morgan fingerprint density at radius 3 is 2.73 bits per heavy atom. The highest BCUT2D eigenvalue weighted by atomic mass is 32.2. The van der Waals surface area contributed by atoms with Gasteiger partial charge in [0.15, 0.2) is 0 Å². The van der Waals surface area contributed by atoms with Gasteiger partial charge in [0, 0.05) is 36.5 Å². The molecule has 0 aliphatic carbocycles. The first-order chi connectivity index (χ1) is 14.5. The normalized spacial score (nSPS) is 13.3. The first-order valence-corrected chi connectivity index (χ1v) is 11.1.